The molecular formula is C23H47NO4. The van der Waals surface area contributed by atoms with Gasteiger partial charge in [-0.15, -0.1) is 0 Å². The van der Waals surface area contributed by atoms with Gasteiger partial charge in [0.15, 0.2) is 0 Å². The zero-order valence-corrected chi connectivity index (χ0v) is 18.4. The third-order valence-electron chi connectivity index (χ3n) is 5.09. The summed E-state index contributed by atoms with van der Waals surface area (Å²) in [4.78, 5) is 11.7. The predicted octanol–water partition coefficient (Wildman–Crippen LogP) is 4.73. The molecule has 1 unspecified atom stereocenters. The minimum Gasteiger partial charge on any atom is -0.394 e. The van der Waals surface area contributed by atoms with Crippen LogP contribution in [-0.2, 0) is 9.53 Å². The minimum atomic E-state index is -0.712. The highest BCUT2D eigenvalue weighted by molar-refractivity contribution is 5.75. The van der Waals surface area contributed by atoms with Crippen LogP contribution in [0.25, 0.3) is 0 Å². The van der Waals surface area contributed by atoms with Gasteiger partial charge in [-0.3, -0.25) is 4.79 Å². The smallest absolute Gasteiger partial charge is 0.220 e. The fourth-order valence-electron chi connectivity index (χ4n) is 3.32. The molecule has 1 amide bonds. The molecule has 5 nitrogen and oxygen atoms in total. The lowest BCUT2D eigenvalue weighted by Crippen LogP contribution is -2.34. The van der Waals surface area contributed by atoms with Crippen LogP contribution in [0.3, 0.4) is 0 Å². The number of aliphatic hydroxyl groups excluding tert-OH is 2. The summed E-state index contributed by atoms with van der Waals surface area (Å²) in [6.45, 7) is 2.77. The molecule has 0 aromatic carbocycles. The molecule has 0 aliphatic rings. The maximum absolute atomic E-state index is 11.7. The molecule has 0 spiro atoms. The fourth-order valence-corrected chi connectivity index (χ4v) is 3.32. The molecule has 0 saturated carbocycles. The second kappa shape index (κ2) is 22.6. The number of nitrogens with one attached hydrogen (secondary N) is 1. The SMILES string of the molecule is CCCCCCCCCCCCCCCCCC(=O)NCC(O)COCCO. The van der Waals surface area contributed by atoms with Gasteiger partial charge in [0.1, 0.15) is 0 Å². The first-order chi connectivity index (χ1) is 13.7. The van der Waals surface area contributed by atoms with Crippen molar-refractivity contribution >= 4 is 5.91 Å². The molecule has 0 bridgehead atoms. The van der Waals surface area contributed by atoms with Gasteiger partial charge in [-0.2, -0.15) is 0 Å². The van der Waals surface area contributed by atoms with Crippen molar-refractivity contribution in [1.82, 2.24) is 5.32 Å². The lowest BCUT2D eigenvalue weighted by molar-refractivity contribution is -0.121. The van der Waals surface area contributed by atoms with Crippen molar-refractivity contribution in [1.29, 1.82) is 0 Å². The predicted molar refractivity (Wildman–Crippen MR) is 116 cm³/mol. The van der Waals surface area contributed by atoms with Gasteiger partial charge < -0.3 is 20.3 Å². The Balaban J connectivity index is 3.21. The number of unbranched alkanes of at least 4 members (excludes halogenated alkanes) is 14. The summed E-state index contributed by atoms with van der Waals surface area (Å²) in [5, 5.41) is 20.9. The molecule has 0 aromatic rings. The summed E-state index contributed by atoms with van der Waals surface area (Å²) < 4.78 is 5.02. The summed E-state index contributed by atoms with van der Waals surface area (Å²) in [5.74, 6) is -0.00379. The minimum absolute atomic E-state index is 0.00379. The van der Waals surface area contributed by atoms with Crippen LogP contribution in [0.4, 0.5) is 0 Å². The van der Waals surface area contributed by atoms with Crippen molar-refractivity contribution < 1.29 is 19.7 Å². The third kappa shape index (κ3) is 21.6. The Labute approximate surface area is 173 Å². The molecule has 0 fully saturated rings. The van der Waals surface area contributed by atoms with Crippen LogP contribution >= 0.6 is 0 Å². The first-order valence-corrected chi connectivity index (χ1v) is 11.8. The molecule has 0 aliphatic carbocycles. The van der Waals surface area contributed by atoms with E-state index in [0.717, 1.165) is 12.8 Å². The van der Waals surface area contributed by atoms with Gasteiger partial charge in [-0.05, 0) is 6.42 Å². The molecule has 0 radical (unpaired) electrons. The first kappa shape index (κ1) is 27.4. The summed E-state index contributed by atoms with van der Waals surface area (Å²) in [6, 6.07) is 0. The van der Waals surface area contributed by atoms with E-state index in [1.165, 1.54) is 83.5 Å². The average Bonchev–Trinajstić information content (AvgIpc) is 2.69. The number of carbonyl (C=O) groups is 1. The average molecular weight is 402 g/mol. The number of hydrogen-bond donors (Lipinski definition) is 3. The summed E-state index contributed by atoms with van der Waals surface area (Å²) in [6.07, 6.45) is 19.6. The van der Waals surface area contributed by atoms with E-state index < -0.39 is 6.10 Å². The number of hydrogen-bond acceptors (Lipinski definition) is 4. The van der Waals surface area contributed by atoms with Crippen molar-refractivity contribution in [3.8, 4) is 0 Å². The number of ether oxygens (including phenoxy) is 1. The van der Waals surface area contributed by atoms with E-state index in [1.54, 1.807) is 0 Å². The van der Waals surface area contributed by atoms with Gasteiger partial charge in [0, 0.05) is 13.0 Å². The molecule has 0 aromatic heterocycles. The summed E-state index contributed by atoms with van der Waals surface area (Å²) in [5.41, 5.74) is 0. The van der Waals surface area contributed by atoms with Crippen molar-refractivity contribution in [2.75, 3.05) is 26.4 Å². The van der Waals surface area contributed by atoms with E-state index in [9.17, 15) is 9.90 Å². The van der Waals surface area contributed by atoms with E-state index in [1.807, 2.05) is 0 Å². The lowest BCUT2D eigenvalue weighted by atomic mass is 10.0. The molecule has 28 heavy (non-hydrogen) atoms. The van der Waals surface area contributed by atoms with E-state index in [4.69, 9.17) is 9.84 Å². The Morgan fingerprint density at radius 1 is 0.821 bits per heavy atom. The first-order valence-electron chi connectivity index (χ1n) is 11.8. The third-order valence-corrected chi connectivity index (χ3v) is 5.09. The Morgan fingerprint density at radius 2 is 1.29 bits per heavy atom. The van der Waals surface area contributed by atoms with E-state index in [-0.39, 0.29) is 32.3 Å². The van der Waals surface area contributed by atoms with Crippen molar-refractivity contribution in [2.45, 2.75) is 116 Å². The van der Waals surface area contributed by atoms with Gasteiger partial charge in [0.25, 0.3) is 0 Å². The summed E-state index contributed by atoms with van der Waals surface area (Å²) >= 11 is 0. The van der Waals surface area contributed by atoms with Crippen LogP contribution in [0.1, 0.15) is 110 Å². The van der Waals surface area contributed by atoms with Gasteiger partial charge in [0.05, 0.1) is 25.9 Å². The lowest BCUT2D eigenvalue weighted by Gasteiger charge is -2.12. The molecule has 1 atom stereocenters. The molecule has 168 valence electrons. The number of rotatable bonds is 22. The molecule has 3 N–H and O–H groups in total. The largest absolute Gasteiger partial charge is 0.394 e. The second-order valence-electron chi connectivity index (χ2n) is 7.96. The quantitative estimate of drug-likeness (QED) is 0.229. The number of amides is 1. The maximum Gasteiger partial charge on any atom is 0.220 e. The topological polar surface area (TPSA) is 78.8 Å². The molecule has 0 heterocycles. The van der Waals surface area contributed by atoms with Crippen molar-refractivity contribution in [3.05, 3.63) is 0 Å². The van der Waals surface area contributed by atoms with Gasteiger partial charge in [-0.1, -0.05) is 96.8 Å². The van der Waals surface area contributed by atoms with E-state index >= 15 is 0 Å². The monoisotopic (exact) mass is 401 g/mol. The zero-order valence-electron chi connectivity index (χ0n) is 18.4. The number of carbonyl (C=O) groups excluding carboxylic acids is 1. The maximum atomic E-state index is 11.7. The molecule has 0 saturated heterocycles. The van der Waals surface area contributed by atoms with Gasteiger partial charge in [0.2, 0.25) is 5.91 Å². The van der Waals surface area contributed by atoms with E-state index in [2.05, 4.69) is 12.2 Å². The molecular weight excluding hydrogens is 354 g/mol. The normalized spacial score (nSPS) is 12.2. The van der Waals surface area contributed by atoms with E-state index in [0.29, 0.717) is 6.42 Å². The standard InChI is InChI=1S/C23H47NO4/c1-2-3-4-5-6-7-8-9-10-11-12-13-14-15-16-17-23(27)24-20-22(26)21-28-19-18-25/h22,25-26H,2-21H2,1H3,(H,24,27). The fraction of sp³-hybridized carbons (Fsp3) is 0.957. The van der Waals surface area contributed by atoms with Gasteiger partial charge in [-0.25, -0.2) is 0 Å². The Morgan fingerprint density at radius 3 is 1.75 bits per heavy atom. The highest BCUT2D eigenvalue weighted by Crippen LogP contribution is 2.13. The molecule has 5 heteroatoms. The van der Waals surface area contributed by atoms with Crippen LogP contribution in [0.5, 0.6) is 0 Å². The number of aliphatic hydroxyl groups is 2. The second-order valence-corrected chi connectivity index (χ2v) is 7.96. The van der Waals surface area contributed by atoms with Crippen molar-refractivity contribution in [3.63, 3.8) is 0 Å². The zero-order chi connectivity index (χ0) is 20.7. The van der Waals surface area contributed by atoms with Crippen molar-refractivity contribution in [2.24, 2.45) is 0 Å². The molecule has 0 aliphatic heterocycles. The van der Waals surface area contributed by atoms with Crippen LogP contribution in [0, 0.1) is 0 Å². The Hall–Kier alpha value is -0.650. The van der Waals surface area contributed by atoms with Crippen LogP contribution in [0.15, 0.2) is 0 Å². The molecule has 0 rings (SSSR count). The van der Waals surface area contributed by atoms with Crippen LogP contribution in [0.2, 0.25) is 0 Å². The Bertz CT molecular complexity index is 326. The highest BCUT2D eigenvalue weighted by Gasteiger charge is 2.07. The van der Waals surface area contributed by atoms with Crippen LogP contribution in [-0.4, -0.2) is 48.6 Å². The Kier molecular flexibility index (Phi) is 22.1. The highest BCUT2D eigenvalue weighted by atomic mass is 16.5. The van der Waals surface area contributed by atoms with Crippen LogP contribution < -0.4 is 5.32 Å². The van der Waals surface area contributed by atoms with Gasteiger partial charge >= 0.3 is 0 Å². The summed E-state index contributed by atoms with van der Waals surface area (Å²) in [7, 11) is 0.